The van der Waals surface area contributed by atoms with Crippen molar-refractivity contribution in [2.45, 2.75) is 83.3 Å². The molecule has 1 N–H and O–H groups in total. The third kappa shape index (κ3) is 22.8. The number of aliphatic carboxylic acids is 1. The molecule has 2 atom stereocenters. The normalized spacial score (nSPS) is 14.6. The molecule has 0 aromatic heterocycles. The Hall–Kier alpha value is -2.18. The van der Waals surface area contributed by atoms with Crippen molar-refractivity contribution >= 4 is 11.9 Å². The number of allylic oxidation sites excluding steroid dienone is 6. The van der Waals surface area contributed by atoms with E-state index in [1.807, 2.05) is 45.4 Å². The van der Waals surface area contributed by atoms with Crippen LogP contribution in [0.4, 0.5) is 0 Å². The predicted octanol–water partition coefficient (Wildman–Crippen LogP) is 3.86. The molecule has 6 nitrogen and oxygen atoms in total. The molecule has 0 rings (SSSR count). The number of carboxylic acids is 1. The lowest BCUT2D eigenvalue weighted by Crippen LogP contribution is -2.45. The fraction of sp³-hybridized carbons (Fsp3) is 0.630. The van der Waals surface area contributed by atoms with Crippen LogP contribution in [0.1, 0.15) is 71.1 Å². The van der Waals surface area contributed by atoms with Crippen LogP contribution >= 0.6 is 0 Å². The summed E-state index contributed by atoms with van der Waals surface area (Å²) in [5.41, 5.74) is 0. The van der Waals surface area contributed by atoms with Crippen molar-refractivity contribution in [3.05, 3.63) is 48.6 Å². The van der Waals surface area contributed by atoms with Crippen LogP contribution in [0.3, 0.4) is 0 Å². The van der Waals surface area contributed by atoms with Crippen molar-refractivity contribution in [1.29, 1.82) is 0 Å². The van der Waals surface area contributed by atoms with E-state index in [2.05, 4.69) is 25.2 Å². The van der Waals surface area contributed by atoms with Gasteiger partial charge in [0.2, 0.25) is 0 Å². The number of aliphatic hydroxyl groups is 1. The third-order valence-corrected chi connectivity index (χ3v) is 4.73. The molecule has 0 saturated heterocycles. The first-order valence-corrected chi connectivity index (χ1v) is 12.1. The number of rotatable bonds is 19. The van der Waals surface area contributed by atoms with Crippen LogP contribution < -0.4 is 5.11 Å². The molecule has 2 unspecified atom stereocenters. The van der Waals surface area contributed by atoms with E-state index in [0.717, 1.165) is 12.8 Å². The van der Waals surface area contributed by atoms with E-state index >= 15 is 0 Å². The van der Waals surface area contributed by atoms with Crippen LogP contribution in [-0.4, -0.2) is 61.4 Å². The standard InChI is InChI=1S/C27H45NO5/c1-5-6-7-8-9-10-11-13-16-19-24(29)20-17-14-12-15-18-21-27(32)33-25(22-26(30)31)23-28(2,3)4/h9-10,12-14,16-17,20,24-25,29H,5-8,11,15,18-19,21-23H2,1-4H3/b10-9+,14-12+,16-13+,20-17+. The highest BCUT2D eigenvalue weighted by Crippen LogP contribution is 2.08. The van der Waals surface area contributed by atoms with Crippen molar-refractivity contribution < 1.29 is 29.0 Å². The fourth-order valence-electron chi connectivity index (χ4n) is 3.13. The predicted molar refractivity (Wildman–Crippen MR) is 132 cm³/mol. The van der Waals surface area contributed by atoms with Crippen LogP contribution in [-0.2, 0) is 14.3 Å². The van der Waals surface area contributed by atoms with Gasteiger partial charge >= 0.3 is 5.97 Å². The molecular weight excluding hydrogens is 418 g/mol. The molecular formula is C27H45NO5. The van der Waals surface area contributed by atoms with Crippen molar-refractivity contribution in [2.24, 2.45) is 0 Å². The van der Waals surface area contributed by atoms with Crippen molar-refractivity contribution in [3.8, 4) is 0 Å². The minimum absolute atomic E-state index is 0.231. The molecule has 0 aromatic rings. The number of esters is 1. The number of ether oxygens (including phenoxy) is 1. The van der Waals surface area contributed by atoms with Gasteiger partial charge in [0.15, 0.2) is 6.10 Å². The van der Waals surface area contributed by atoms with Gasteiger partial charge in [0.1, 0.15) is 6.54 Å². The minimum atomic E-state index is -1.22. The number of likely N-dealkylation sites (N-methyl/N-ethyl adjacent to an activating group) is 1. The smallest absolute Gasteiger partial charge is 0.306 e. The van der Waals surface area contributed by atoms with Gasteiger partial charge in [-0.15, -0.1) is 0 Å². The molecule has 0 heterocycles. The minimum Gasteiger partial charge on any atom is -0.550 e. The van der Waals surface area contributed by atoms with Crippen molar-refractivity contribution in [2.75, 3.05) is 27.7 Å². The summed E-state index contributed by atoms with van der Waals surface area (Å²) in [6.07, 6.45) is 22.2. The molecule has 0 aliphatic heterocycles. The number of carboxylic acid groups (broad SMARTS) is 1. The molecule has 0 bridgehead atoms. The Morgan fingerprint density at radius 1 is 0.970 bits per heavy atom. The van der Waals surface area contributed by atoms with Gasteiger partial charge in [0.05, 0.1) is 27.2 Å². The van der Waals surface area contributed by atoms with Crippen LogP contribution in [0.5, 0.6) is 0 Å². The zero-order valence-corrected chi connectivity index (χ0v) is 21.1. The summed E-state index contributed by atoms with van der Waals surface area (Å²) >= 11 is 0. The van der Waals surface area contributed by atoms with E-state index in [9.17, 15) is 19.8 Å². The Bertz CT molecular complexity index is 643. The van der Waals surface area contributed by atoms with Gasteiger partial charge in [-0.25, -0.2) is 0 Å². The number of quaternary nitrogens is 1. The first-order chi connectivity index (χ1) is 15.6. The molecule has 188 valence electrons. The second-order valence-corrected chi connectivity index (χ2v) is 9.34. The SMILES string of the molecule is CCCCC/C=C/C/C=C/CC(O)/C=C/C=C/CCCC(=O)OC(CC(=O)[O-])C[N+](C)(C)C. The maximum absolute atomic E-state index is 12.0. The Kier molecular flexibility index (Phi) is 18.0. The summed E-state index contributed by atoms with van der Waals surface area (Å²) in [7, 11) is 5.74. The van der Waals surface area contributed by atoms with E-state index in [1.165, 1.54) is 19.3 Å². The molecule has 6 heteroatoms. The molecule has 0 saturated carbocycles. The number of hydrogen-bond donors (Lipinski definition) is 1. The van der Waals surface area contributed by atoms with Gasteiger partial charge in [-0.05, 0) is 38.5 Å². The van der Waals surface area contributed by atoms with Crippen LogP contribution in [0.2, 0.25) is 0 Å². The number of hydrogen-bond acceptors (Lipinski definition) is 5. The Balaban J connectivity index is 4.02. The lowest BCUT2D eigenvalue weighted by atomic mass is 10.2. The largest absolute Gasteiger partial charge is 0.550 e. The van der Waals surface area contributed by atoms with E-state index < -0.39 is 24.1 Å². The van der Waals surface area contributed by atoms with Crippen molar-refractivity contribution in [3.63, 3.8) is 0 Å². The third-order valence-electron chi connectivity index (χ3n) is 4.73. The van der Waals surface area contributed by atoms with Crippen LogP contribution in [0.15, 0.2) is 48.6 Å². The van der Waals surface area contributed by atoms with E-state index in [0.29, 0.717) is 30.3 Å². The van der Waals surface area contributed by atoms with E-state index in [1.54, 1.807) is 6.08 Å². The zero-order chi connectivity index (χ0) is 25.0. The fourth-order valence-corrected chi connectivity index (χ4v) is 3.13. The summed E-state index contributed by atoms with van der Waals surface area (Å²) in [6.45, 7) is 2.62. The first-order valence-electron chi connectivity index (χ1n) is 12.1. The first kappa shape index (κ1) is 30.8. The lowest BCUT2D eigenvalue weighted by Gasteiger charge is -2.29. The molecule has 0 aliphatic carbocycles. The summed E-state index contributed by atoms with van der Waals surface area (Å²) < 4.78 is 5.82. The Labute approximate surface area is 200 Å². The summed E-state index contributed by atoms with van der Waals surface area (Å²) in [4.78, 5) is 22.9. The number of nitrogens with zero attached hydrogens (tertiary/aromatic N) is 1. The lowest BCUT2D eigenvalue weighted by molar-refractivity contribution is -0.873. The van der Waals surface area contributed by atoms with Crippen LogP contribution in [0.25, 0.3) is 0 Å². The van der Waals surface area contributed by atoms with Gasteiger partial charge in [-0.3, -0.25) is 4.79 Å². The Morgan fingerprint density at radius 3 is 2.33 bits per heavy atom. The highest BCUT2D eigenvalue weighted by molar-refractivity contribution is 5.70. The summed E-state index contributed by atoms with van der Waals surface area (Å²) in [5.74, 6) is -1.61. The van der Waals surface area contributed by atoms with Gasteiger partial charge in [0, 0.05) is 18.8 Å². The number of unbranched alkanes of at least 4 members (excludes halogenated alkanes) is 4. The zero-order valence-electron chi connectivity index (χ0n) is 21.1. The summed E-state index contributed by atoms with van der Waals surface area (Å²) in [5, 5.41) is 20.8. The highest BCUT2D eigenvalue weighted by atomic mass is 16.5. The average molecular weight is 464 g/mol. The van der Waals surface area contributed by atoms with Gasteiger partial charge in [0.25, 0.3) is 0 Å². The second-order valence-electron chi connectivity index (χ2n) is 9.34. The maximum atomic E-state index is 12.0. The van der Waals surface area contributed by atoms with E-state index in [4.69, 9.17) is 4.74 Å². The molecule has 0 amide bonds. The van der Waals surface area contributed by atoms with Gasteiger partial charge < -0.3 is 24.2 Å². The quantitative estimate of drug-likeness (QED) is 0.103. The van der Waals surface area contributed by atoms with Crippen LogP contribution in [0, 0.1) is 0 Å². The van der Waals surface area contributed by atoms with Crippen molar-refractivity contribution in [1.82, 2.24) is 0 Å². The average Bonchev–Trinajstić information content (AvgIpc) is 2.70. The Morgan fingerprint density at radius 2 is 1.67 bits per heavy atom. The number of carbonyl (C=O) groups excluding carboxylic acids is 2. The van der Waals surface area contributed by atoms with Gasteiger partial charge in [-0.2, -0.15) is 0 Å². The molecule has 0 radical (unpaired) electrons. The molecule has 0 spiro atoms. The van der Waals surface area contributed by atoms with E-state index in [-0.39, 0.29) is 12.8 Å². The second kappa shape index (κ2) is 19.3. The number of aliphatic hydroxyl groups excluding tert-OH is 1. The topological polar surface area (TPSA) is 86.7 Å². The number of carbonyl (C=O) groups is 2. The highest BCUT2D eigenvalue weighted by Gasteiger charge is 2.22. The summed E-state index contributed by atoms with van der Waals surface area (Å²) in [6, 6.07) is 0. The molecule has 33 heavy (non-hydrogen) atoms. The maximum Gasteiger partial charge on any atom is 0.306 e. The molecule has 0 aromatic carbocycles. The monoisotopic (exact) mass is 463 g/mol. The van der Waals surface area contributed by atoms with Gasteiger partial charge in [-0.1, -0.05) is 68.4 Å². The molecule has 0 aliphatic rings. The molecule has 0 fully saturated rings.